The minimum atomic E-state index is -3.42. The zero-order chi connectivity index (χ0) is 23.6. The normalized spacial score (nSPS) is 13.5. The lowest BCUT2D eigenvalue weighted by Gasteiger charge is -2.18. The van der Waals surface area contributed by atoms with Crippen molar-refractivity contribution in [2.75, 3.05) is 19.8 Å². The third-order valence-electron chi connectivity index (χ3n) is 5.99. The van der Waals surface area contributed by atoms with Crippen LogP contribution < -0.4 is 0 Å². The molecule has 0 amide bonds. The standard InChI is InChI=1S/C27H57O4P/c1-4-7-10-13-16-18-21-24-27-31-32(28,29-25-22-19-15-12-9-6-3)30-26-23-20-17-14-11-8-5-2/h4-27H2,1-3H3. The van der Waals surface area contributed by atoms with E-state index in [9.17, 15) is 4.57 Å². The Kier molecular flexibility index (Phi) is 25.8. The van der Waals surface area contributed by atoms with Crippen molar-refractivity contribution in [3.05, 3.63) is 0 Å². The fourth-order valence-corrected chi connectivity index (χ4v) is 5.10. The maximum Gasteiger partial charge on any atom is 0.474 e. The Morgan fingerprint density at radius 2 is 0.594 bits per heavy atom. The number of phosphoric ester groups is 1. The summed E-state index contributed by atoms with van der Waals surface area (Å²) in [5.74, 6) is 0. The first-order chi connectivity index (χ1) is 15.7. The van der Waals surface area contributed by atoms with E-state index >= 15 is 0 Å². The number of phosphoric acid groups is 1. The highest BCUT2D eigenvalue weighted by atomic mass is 31.2. The van der Waals surface area contributed by atoms with Crippen molar-refractivity contribution in [2.45, 2.75) is 156 Å². The molecular formula is C27H57O4P. The van der Waals surface area contributed by atoms with Gasteiger partial charge in [-0.1, -0.05) is 136 Å². The van der Waals surface area contributed by atoms with E-state index in [0.717, 1.165) is 38.5 Å². The van der Waals surface area contributed by atoms with Gasteiger partial charge in [0.1, 0.15) is 0 Å². The third kappa shape index (κ3) is 23.3. The summed E-state index contributed by atoms with van der Waals surface area (Å²) in [7, 11) is -3.42. The molecule has 0 saturated carbocycles. The molecule has 0 aliphatic heterocycles. The highest BCUT2D eigenvalue weighted by Gasteiger charge is 2.26. The predicted molar refractivity (Wildman–Crippen MR) is 139 cm³/mol. The van der Waals surface area contributed by atoms with Crippen molar-refractivity contribution in [2.24, 2.45) is 0 Å². The van der Waals surface area contributed by atoms with E-state index in [1.165, 1.54) is 96.3 Å². The number of hydrogen-bond donors (Lipinski definition) is 0. The monoisotopic (exact) mass is 476 g/mol. The van der Waals surface area contributed by atoms with Crippen LogP contribution in [0.2, 0.25) is 0 Å². The second-order valence-corrected chi connectivity index (χ2v) is 11.0. The lowest BCUT2D eigenvalue weighted by molar-refractivity contribution is 0.108. The summed E-state index contributed by atoms with van der Waals surface area (Å²) < 4.78 is 30.1. The van der Waals surface area contributed by atoms with Crippen molar-refractivity contribution in [1.29, 1.82) is 0 Å². The summed E-state index contributed by atoms with van der Waals surface area (Å²) >= 11 is 0. The van der Waals surface area contributed by atoms with Gasteiger partial charge in [-0.05, 0) is 19.3 Å². The van der Waals surface area contributed by atoms with Crippen LogP contribution in [0.15, 0.2) is 0 Å². The van der Waals surface area contributed by atoms with Crippen LogP contribution in [-0.2, 0) is 18.1 Å². The van der Waals surface area contributed by atoms with Gasteiger partial charge in [-0.25, -0.2) is 4.57 Å². The van der Waals surface area contributed by atoms with Gasteiger partial charge >= 0.3 is 7.82 Å². The molecule has 32 heavy (non-hydrogen) atoms. The summed E-state index contributed by atoms with van der Waals surface area (Å²) in [5.41, 5.74) is 0. The summed E-state index contributed by atoms with van der Waals surface area (Å²) in [5, 5.41) is 0. The van der Waals surface area contributed by atoms with Crippen LogP contribution in [-0.4, -0.2) is 19.8 Å². The molecule has 0 aromatic carbocycles. The number of rotatable bonds is 27. The minimum absolute atomic E-state index is 0.470. The second kappa shape index (κ2) is 25.7. The van der Waals surface area contributed by atoms with Gasteiger partial charge in [-0.3, -0.25) is 13.6 Å². The number of hydrogen-bond acceptors (Lipinski definition) is 4. The van der Waals surface area contributed by atoms with Crippen LogP contribution in [0.25, 0.3) is 0 Å². The zero-order valence-corrected chi connectivity index (χ0v) is 22.9. The first kappa shape index (κ1) is 32.1. The topological polar surface area (TPSA) is 44.8 Å². The molecule has 0 N–H and O–H groups in total. The number of unbranched alkanes of at least 4 members (excludes halogenated alkanes) is 18. The average Bonchev–Trinajstić information content (AvgIpc) is 2.79. The van der Waals surface area contributed by atoms with Crippen LogP contribution in [0.4, 0.5) is 0 Å². The van der Waals surface area contributed by atoms with Gasteiger partial charge in [0.2, 0.25) is 0 Å². The van der Waals surface area contributed by atoms with E-state index < -0.39 is 7.82 Å². The molecule has 0 aromatic rings. The molecule has 1 unspecified atom stereocenters. The van der Waals surface area contributed by atoms with Crippen molar-refractivity contribution < 1.29 is 18.1 Å². The zero-order valence-electron chi connectivity index (χ0n) is 22.1. The molecule has 0 aliphatic carbocycles. The highest BCUT2D eigenvalue weighted by Crippen LogP contribution is 2.50. The fourth-order valence-electron chi connectivity index (χ4n) is 3.82. The first-order valence-corrected chi connectivity index (χ1v) is 15.7. The van der Waals surface area contributed by atoms with Crippen molar-refractivity contribution in [1.82, 2.24) is 0 Å². The molecule has 194 valence electrons. The van der Waals surface area contributed by atoms with Crippen molar-refractivity contribution in [3.63, 3.8) is 0 Å². The van der Waals surface area contributed by atoms with Crippen LogP contribution in [0.1, 0.15) is 156 Å². The first-order valence-electron chi connectivity index (χ1n) is 14.2. The van der Waals surface area contributed by atoms with Crippen molar-refractivity contribution in [3.8, 4) is 0 Å². The van der Waals surface area contributed by atoms with Gasteiger partial charge in [0.25, 0.3) is 0 Å². The van der Waals surface area contributed by atoms with E-state index in [1.54, 1.807) is 0 Å². The summed E-state index contributed by atoms with van der Waals surface area (Å²) in [6.45, 7) is 8.13. The lowest BCUT2D eigenvalue weighted by atomic mass is 10.1. The van der Waals surface area contributed by atoms with Gasteiger partial charge in [-0.2, -0.15) is 0 Å². The summed E-state index contributed by atoms with van der Waals surface area (Å²) in [4.78, 5) is 0. The second-order valence-electron chi connectivity index (χ2n) is 9.31. The van der Waals surface area contributed by atoms with E-state index in [2.05, 4.69) is 20.8 Å². The van der Waals surface area contributed by atoms with Gasteiger partial charge in [0.15, 0.2) is 0 Å². The molecule has 4 nitrogen and oxygen atoms in total. The lowest BCUT2D eigenvalue weighted by Crippen LogP contribution is -2.04. The Labute approximate surface area is 201 Å². The van der Waals surface area contributed by atoms with E-state index in [-0.39, 0.29) is 0 Å². The maximum atomic E-state index is 13.1. The van der Waals surface area contributed by atoms with E-state index in [1.807, 2.05) is 0 Å². The molecular weight excluding hydrogens is 419 g/mol. The molecule has 0 heterocycles. The molecule has 0 fully saturated rings. The average molecular weight is 477 g/mol. The minimum Gasteiger partial charge on any atom is -0.287 e. The molecule has 0 bridgehead atoms. The van der Waals surface area contributed by atoms with Gasteiger partial charge in [0, 0.05) is 0 Å². The Balaban J connectivity index is 4.05. The largest absolute Gasteiger partial charge is 0.474 e. The quantitative estimate of drug-likeness (QED) is 0.0873. The van der Waals surface area contributed by atoms with Gasteiger partial charge < -0.3 is 0 Å². The van der Waals surface area contributed by atoms with Crippen LogP contribution in [0.3, 0.4) is 0 Å². The fraction of sp³-hybridized carbons (Fsp3) is 1.00. The van der Waals surface area contributed by atoms with Gasteiger partial charge in [0.05, 0.1) is 19.8 Å². The molecule has 0 aromatic heterocycles. The summed E-state index contributed by atoms with van der Waals surface area (Å²) in [6, 6.07) is 0. The van der Waals surface area contributed by atoms with E-state index in [4.69, 9.17) is 13.6 Å². The molecule has 5 heteroatoms. The third-order valence-corrected chi connectivity index (χ3v) is 7.49. The Morgan fingerprint density at radius 1 is 0.375 bits per heavy atom. The molecule has 1 atom stereocenters. The summed E-state index contributed by atoms with van der Waals surface area (Å²) in [6.07, 6.45) is 25.5. The molecule has 0 aliphatic rings. The predicted octanol–water partition coefficient (Wildman–Crippen LogP) is 10.4. The molecule has 0 spiro atoms. The Bertz CT molecular complexity index is 403. The Morgan fingerprint density at radius 3 is 0.844 bits per heavy atom. The van der Waals surface area contributed by atoms with Crippen LogP contribution in [0.5, 0.6) is 0 Å². The van der Waals surface area contributed by atoms with Crippen LogP contribution in [0, 0.1) is 0 Å². The Hall–Kier alpha value is 0.110. The van der Waals surface area contributed by atoms with Gasteiger partial charge in [-0.15, -0.1) is 0 Å². The highest BCUT2D eigenvalue weighted by molar-refractivity contribution is 7.48. The SMILES string of the molecule is CCCCCCCCCCOP(=O)(OCCCCCCCC)OCCCCCCCCC. The van der Waals surface area contributed by atoms with Crippen molar-refractivity contribution >= 4 is 7.82 Å². The van der Waals surface area contributed by atoms with Crippen LogP contribution >= 0.6 is 7.82 Å². The maximum absolute atomic E-state index is 13.1. The molecule has 0 radical (unpaired) electrons. The molecule has 0 rings (SSSR count). The molecule has 0 saturated heterocycles. The van der Waals surface area contributed by atoms with E-state index in [0.29, 0.717) is 19.8 Å². The smallest absolute Gasteiger partial charge is 0.287 e.